The maximum Gasteiger partial charge on any atom is 0.0602 e. The lowest BCUT2D eigenvalue weighted by molar-refractivity contribution is -0.163. The molecule has 1 aliphatic carbocycles. The maximum atomic E-state index is 9.58. The summed E-state index contributed by atoms with van der Waals surface area (Å²) in [5.41, 5.74) is 0.444. The van der Waals surface area contributed by atoms with Gasteiger partial charge in [-0.2, -0.15) is 0 Å². The fourth-order valence-electron chi connectivity index (χ4n) is 2.95. The smallest absolute Gasteiger partial charge is 0.0602 e. The van der Waals surface area contributed by atoms with Crippen LogP contribution in [0, 0.1) is 17.3 Å². The molecule has 1 rings (SSSR count). The van der Waals surface area contributed by atoms with Crippen LogP contribution in [0.1, 0.15) is 40.5 Å². The Hall–Kier alpha value is -0.0400. The number of rotatable bonds is 2. The Kier molecular flexibility index (Phi) is 2.29. The first kappa shape index (κ1) is 9.05. The van der Waals surface area contributed by atoms with Gasteiger partial charge in [-0.05, 0) is 30.1 Å². The molecule has 0 aromatic carbocycles. The van der Waals surface area contributed by atoms with E-state index in [1.807, 2.05) is 0 Å². The molecule has 0 spiro atoms. The van der Waals surface area contributed by atoms with Gasteiger partial charge >= 0.3 is 0 Å². The second kappa shape index (κ2) is 2.78. The quantitative estimate of drug-likeness (QED) is 0.651. The normalized spacial score (nSPS) is 41.7. The van der Waals surface area contributed by atoms with Gasteiger partial charge in [0.05, 0.1) is 6.10 Å². The highest BCUT2D eigenvalue weighted by atomic mass is 16.3. The summed E-state index contributed by atoms with van der Waals surface area (Å²) in [6.07, 6.45) is 2.38. The third-order valence-electron chi connectivity index (χ3n) is 4.15. The lowest BCUT2D eigenvalue weighted by atomic mass is 9.50. The molecule has 1 fully saturated rings. The second-order valence-electron chi connectivity index (χ2n) is 4.01. The summed E-state index contributed by atoms with van der Waals surface area (Å²) in [6.45, 7) is 8.83. The van der Waals surface area contributed by atoms with Crippen molar-refractivity contribution in [2.75, 3.05) is 0 Å². The standard InChI is InChI=1S/C10H20O/c1-5-10(6-2)7(3)9(11)8(10)4/h7-9,11H,5-6H2,1-4H3. The molecule has 0 saturated heterocycles. The van der Waals surface area contributed by atoms with Crippen LogP contribution in [0.15, 0.2) is 0 Å². The number of aliphatic hydroxyl groups excluding tert-OH is 1. The zero-order valence-electron chi connectivity index (χ0n) is 8.09. The Balaban J connectivity index is 2.70. The number of aliphatic hydroxyl groups is 1. The first-order valence-electron chi connectivity index (χ1n) is 4.78. The Morgan fingerprint density at radius 3 is 1.64 bits per heavy atom. The van der Waals surface area contributed by atoms with Crippen molar-refractivity contribution in [3.8, 4) is 0 Å². The third-order valence-corrected chi connectivity index (χ3v) is 4.15. The van der Waals surface area contributed by atoms with E-state index < -0.39 is 0 Å². The van der Waals surface area contributed by atoms with E-state index in [2.05, 4.69) is 27.7 Å². The molecule has 1 aliphatic rings. The summed E-state index contributed by atoms with van der Waals surface area (Å²) in [6, 6.07) is 0. The summed E-state index contributed by atoms with van der Waals surface area (Å²) >= 11 is 0. The summed E-state index contributed by atoms with van der Waals surface area (Å²) < 4.78 is 0. The second-order valence-corrected chi connectivity index (χ2v) is 4.01. The lowest BCUT2D eigenvalue weighted by Crippen LogP contribution is -2.57. The van der Waals surface area contributed by atoms with E-state index in [1.165, 1.54) is 12.8 Å². The van der Waals surface area contributed by atoms with E-state index in [9.17, 15) is 5.11 Å². The van der Waals surface area contributed by atoms with Crippen molar-refractivity contribution < 1.29 is 5.11 Å². The number of hydrogen-bond donors (Lipinski definition) is 1. The molecule has 2 unspecified atom stereocenters. The SMILES string of the molecule is CCC1(CC)C(C)C(O)C1C. The minimum Gasteiger partial charge on any atom is -0.393 e. The van der Waals surface area contributed by atoms with Crippen LogP contribution in [0.4, 0.5) is 0 Å². The fraction of sp³-hybridized carbons (Fsp3) is 1.00. The van der Waals surface area contributed by atoms with Crippen molar-refractivity contribution >= 4 is 0 Å². The molecule has 0 radical (unpaired) electrons. The molecule has 1 heteroatoms. The zero-order valence-corrected chi connectivity index (χ0v) is 8.09. The topological polar surface area (TPSA) is 20.2 Å². The lowest BCUT2D eigenvalue weighted by Gasteiger charge is -2.57. The van der Waals surface area contributed by atoms with Crippen LogP contribution in [0.3, 0.4) is 0 Å². The summed E-state index contributed by atoms with van der Waals surface area (Å²) in [5.74, 6) is 1.01. The van der Waals surface area contributed by atoms with Gasteiger partial charge in [-0.1, -0.05) is 27.7 Å². The minimum absolute atomic E-state index is 0.0464. The number of hydrogen-bond acceptors (Lipinski definition) is 1. The monoisotopic (exact) mass is 156 g/mol. The molecule has 0 aliphatic heterocycles. The predicted molar refractivity (Wildman–Crippen MR) is 47.3 cm³/mol. The van der Waals surface area contributed by atoms with Crippen LogP contribution in [-0.2, 0) is 0 Å². The molecule has 0 heterocycles. The van der Waals surface area contributed by atoms with Gasteiger partial charge in [0.2, 0.25) is 0 Å². The predicted octanol–water partition coefficient (Wildman–Crippen LogP) is 2.44. The van der Waals surface area contributed by atoms with Gasteiger partial charge in [0.1, 0.15) is 0 Å². The van der Waals surface area contributed by atoms with Crippen molar-refractivity contribution in [1.29, 1.82) is 0 Å². The molecule has 0 aromatic heterocycles. The van der Waals surface area contributed by atoms with Crippen molar-refractivity contribution in [3.63, 3.8) is 0 Å². The average Bonchev–Trinajstić information content (AvgIpc) is 2.06. The van der Waals surface area contributed by atoms with E-state index in [0.29, 0.717) is 17.3 Å². The molecule has 11 heavy (non-hydrogen) atoms. The summed E-state index contributed by atoms with van der Waals surface area (Å²) in [7, 11) is 0. The van der Waals surface area contributed by atoms with Gasteiger partial charge in [-0.3, -0.25) is 0 Å². The largest absolute Gasteiger partial charge is 0.393 e. The van der Waals surface area contributed by atoms with Crippen LogP contribution >= 0.6 is 0 Å². The van der Waals surface area contributed by atoms with Gasteiger partial charge in [0.15, 0.2) is 0 Å². The van der Waals surface area contributed by atoms with Gasteiger partial charge in [0, 0.05) is 0 Å². The van der Waals surface area contributed by atoms with Crippen LogP contribution in [0.5, 0.6) is 0 Å². The molecule has 1 saturated carbocycles. The molecule has 2 atom stereocenters. The van der Waals surface area contributed by atoms with Gasteiger partial charge in [0.25, 0.3) is 0 Å². The van der Waals surface area contributed by atoms with E-state index in [1.54, 1.807) is 0 Å². The first-order chi connectivity index (χ1) is 5.10. The van der Waals surface area contributed by atoms with Gasteiger partial charge in [-0.15, -0.1) is 0 Å². The third kappa shape index (κ3) is 0.936. The molecule has 1 N–H and O–H groups in total. The van der Waals surface area contributed by atoms with E-state index in [4.69, 9.17) is 0 Å². The molecule has 1 nitrogen and oxygen atoms in total. The van der Waals surface area contributed by atoms with Crippen LogP contribution < -0.4 is 0 Å². The van der Waals surface area contributed by atoms with Crippen molar-refractivity contribution in [2.24, 2.45) is 17.3 Å². The molecule has 0 amide bonds. The summed E-state index contributed by atoms with van der Waals surface area (Å²) in [4.78, 5) is 0. The summed E-state index contributed by atoms with van der Waals surface area (Å²) in [5, 5.41) is 9.58. The Morgan fingerprint density at radius 2 is 1.45 bits per heavy atom. The Morgan fingerprint density at radius 1 is 1.09 bits per heavy atom. The molecule has 0 aromatic rings. The molecular formula is C10H20O. The molecule has 66 valence electrons. The zero-order chi connectivity index (χ0) is 8.65. The molecular weight excluding hydrogens is 136 g/mol. The highest BCUT2D eigenvalue weighted by molar-refractivity contribution is 5.03. The Labute approximate surface area is 69.8 Å². The van der Waals surface area contributed by atoms with Crippen molar-refractivity contribution in [2.45, 2.75) is 46.6 Å². The average molecular weight is 156 g/mol. The molecule has 0 bridgehead atoms. The maximum absolute atomic E-state index is 9.58. The van der Waals surface area contributed by atoms with E-state index >= 15 is 0 Å². The fourth-order valence-corrected chi connectivity index (χ4v) is 2.95. The van der Waals surface area contributed by atoms with Gasteiger partial charge < -0.3 is 5.11 Å². The van der Waals surface area contributed by atoms with Crippen LogP contribution in [-0.4, -0.2) is 11.2 Å². The van der Waals surface area contributed by atoms with Crippen molar-refractivity contribution in [3.05, 3.63) is 0 Å². The highest BCUT2D eigenvalue weighted by Gasteiger charge is 2.54. The van der Waals surface area contributed by atoms with Crippen LogP contribution in [0.25, 0.3) is 0 Å². The van der Waals surface area contributed by atoms with E-state index in [-0.39, 0.29) is 6.10 Å². The minimum atomic E-state index is -0.0464. The van der Waals surface area contributed by atoms with Crippen LogP contribution in [0.2, 0.25) is 0 Å². The van der Waals surface area contributed by atoms with E-state index in [0.717, 1.165) is 0 Å². The van der Waals surface area contributed by atoms with Crippen molar-refractivity contribution in [1.82, 2.24) is 0 Å². The highest BCUT2D eigenvalue weighted by Crippen LogP contribution is 2.55. The first-order valence-corrected chi connectivity index (χ1v) is 4.78. The Bertz CT molecular complexity index is 126. The van der Waals surface area contributed by atoms with Gasteiger partial charge in [-0.25, -0.2) is 0 Å².